The lowest BCUT2D eigenvalue weighted by molar-refractivity contribution is -0.138. The summed E-state index contributed by atoms with van der Waals surface area (Å²) in [4.78, 5) is 29.2. The Labute approximate surface area is 216 Å². The molecule has 12 nitrogen and oxygen atoms in total. The Morgan fingerprint density at radius 1 is 1.30 bits per heavy atom. The molecule has 2 aromatic heterocycles. The molecule has 1 aromatic carbocycles. The monoisotopic (exact) mass is 527 g/mol. The van der Waals surface area contributed by atoms with Crippen molar-refractivity contribution in [2.24, 2.45) is 0 Å². The second kappa shape index (κ2) is 11.8. The molecule has 3 aromatic rings. The molecule has 0 saturated heterocycles. The first-order valence-corrected chi connectivity index (χ1v) is 12.7. The Kier molecular flexibility index (Phi) is 8.36. The third kappa shape index (κ3) is 6.43. The van der Waals surface area contributed by atoms with Crippen LogP contribution in [0.1, 0.15) is 28.0 Å². The summed E-state index contributed by atoms with van der Waals surface area (Å²) in [5, 5.41) is 19.7. The second-order valence-electron chi connectivity index (χ2n) is 8.39. The number of ether oxygens (including phenoxy) is 1. The zero-order valence-corrected chi connectivity index (χ0v) is 20.9. The first-order valence-electron chi connectivity index (χ1n) is 11.6. The molecule has 13 heteroatoms. The van der Waals surface area contributed by atoms with Crippen molar-refractivity contribution < 1.29 is 28.2 Å². The lowest BCUT2D eigenvalue weighted by Crippen LogP contribution is -2.49. The number of aromatic nitrogens is 3. The van der Waals surface area contributed by atoms with Crippen LogP contribution in [0.15, 0.2) is 48.8 Å². The van der Waals surface area contributed by atoms with Gasteiger partial charge in [0.1, 0.15) is 11.6 Å². The van der Waals surface area contributed by atoms with Crippen molar-refractivity contribution in [3.8, 4) is 5.75 Å². The fraction of sp³-hybridized carbons (Fsp3) is 0.333. The number of nitrogens with one attached hydrogen (secondary N) is 2. The summed E-state index contributed by atoms with van der Waals surface area (Å²) in [6.45, 7) is 0.953. The largest absolute Gasteiger partial charge is 0.755 e. The van der Waals surface area contributed by atoms with Crippen molar-refractivity contribution in [2.75, 3.05) is 29.8 Å². The molecule has 1 aliphatic rings. The van der Waals surface area contributed by atoms with Gasteiger partial charge in [-0.2, -0.15) is 5.10 Å². The van der Waals surface area contributed by atoms with E-state index in [1.165, 1.54) is 43.1 Å². The van der Waals surface area contributed by atoms with Crippen LogP contribution in [-0.2, 0) is 35.4 Å². The van der Waals surface area contributed by atoms with Crippen LogP contribution in [0.3, 0.4) is 0 Å². The van der Waals surface area contributed by atoms with E-state index >= 15 is 0 Å². The van der Waals surface area contributed by atoms with E-state index < -0.39 is 35.7 Å². The van der Waals surface area contributed by atoms with E-state index in [1.54, 1.807) is 10.9 Å². The van der Waals surface area contributed by atoms with E-state index in [9.17, 15) is 23.5 Å². The standard InChI is InChI=1S/C24H28N6O6S/c1-36-20-8-6-19(7-9-20)30(37(34)35)21(24(32)33)14-26-23(31)17-13-27-29(15-17)12-10-18-5-4-16-3-2-11-25-22(16)28-18/h4-9,13,15,21H,2-3,10-12,14H2,1H3,(H,25,28)(H,26,31)(H,32,33)(H,34,35)/p-1/t21-/m0/s1. The Morgan fingerprint density at radius 3 is 2.78 bits per heavy atom. The number of carbonyl (C=O) groups excluding carboxylic acids is 1. The summed E-state index contributed by atoms with van der Waals surface area (Å²) in [7, 11) is 1.46. The molecular weight excluding hydrogens is 500 g/mol. The molecule has 0 radical (unpaired) electrons. The number of rotatable bonds is 11. The molecule has 0 bridgehead atoms. The van der Waals surface area contributed by atoms with Crippen molar-refractivity contribution in [3.05, 3.63) is 65.6 Å². The number of nitrogens with zero attached hydrogens (tertiary/aromatic N) is 4. The maximum Gasteiger partial charge on any atom is 0.329 e. The van der Waals surface area contributed by atoms with E-state index in [-0.39, 0.29) is 11.3 Å². The first kappa shape index (κ1) is 26.1. The number of carbonyl (C=O) groups is 2. The molecule has 1 unspecified atom stereocenters. The fourth-order valence-corrected chi connectivity index (χ4v) is 4.67. The summed E-state index contributed by atoms with van der Waals surface area (Å²) >= 11 is -2.91. The smallest absolute Gasteiger partial charge is 0.329 e. The van der Waals surface area contributed by atoms with Crippen LogP contribution >= 0.6 is 0 Å². The van der Waals surface area contributed by atoms with Crippen molar-refractivity contribution in [3.63, 3.8) is 0 Å². The van der Waals surface area contributed by atoms with Crippen LogP contribution < -0.4 is 19.7 Å². The molecular formula is C24H27N6O6S-. The van der Waals surface area contributed by atoms with E-state index in [2.05, 4.69) is 26.8 Å². The van der Waals surface area contributed by atoms with Gasteiger partial charge in [-0.15, -0.1) is 0 Å². The Balaban J connectivity index is 1.37. The predicted octanol–water partition coefficient (Wildman–Crippen LogP) is 1.37. The van der Waals surface area contributed by atoms with Crippen LogP contribution in [0.2, 0.25) is 0 Å². The third-order valence-corrected chi connectivity index (χ3v) is 6.74. The number of anilines is 2. The highest BCUT2D eigenvalue weighted by Gasteiger charge is 2.28. The lowest BCUT2D eigenvalue weighted by Gasteiger charge is -2.32. The molecule has 0 fully saturated rings. The van der Waals surface area contributed by atoms with E-state index in [4.69, 9.17) is 4.74 Å². The zero-order valence-electron chi connectivity index (χ0n) is 20.1. The zero-order chi connectivity index (χ0) is 26.4. The minimum atomic E-state index is -2.91. The number of hydrogen-bond donors (Lipinski definition) is 3. The highest BCUT2D eigenvalue weighted by Crippen LogP contribution is 2.23. The van der Waals surface area contributed by atoms with Gasteiger partial charge in [-0.3, -0.25) is 18.0 Å². The van der Waals surface area contributed by atoms with Gasteiger partial charge in [0.2, 0.25) is 0 Å². The van der Waals surface area contributed by atoms with E-state index in [1.807, 2.05) is 6.07 Å². The molecule has 196 valence electrons. The Morgan fingerprint density at radius 2 is 2.08 bits per heavy atom. The Bertz CT molecular complexity index is 1280. The van der Waals surface area contributed by atoms with Gasteiger partial charge in [-0.1, -0.05) is 6.07 Å². The average Bonchev–Trinajstić information content (AvgIpc) is 3.38. The number of methoxy groups -OCH3 is 1. The summed E-state index contributed by atoms with van der Waals surface area (Å²) in [5.74, 6) is -0.584. The van der Waals surface area contributed by atoms with Gasteiger partial charge in [0.25, 0.3) is 5.91 Å². The molecule has 3 heterocycles. The molecule has 0 aliphatic carbocycles. The van der Waals surface area contributed by atoms with Gasteiger partial charge in [0.15, 0.2) is 6.04 Å². The average molecular weight is 528 g/mol. The van der Waals surface area contributed by atoms with Crippen molar-refractivity contribution in [2.45, 2.75) is 31.8 Å². The number of amides is 1. The van der Waals surface area contributed by atoms with Gasteiger partial charge in [-0.05, 0) is 48.7 Å². The van der Waals surface area contributed by atoms with Gasteiger partial charge in [0, 0.05) is 48.4 Å². The van der Waals surface area contributed by atoms with Crippen LogP contribution in [0.25, 0.3) is 0 Å². The maximum absolute atomic E-state index is 12.7. The van der Waals surface area contributed by atoms with Crippen molar-refractivity contribution in [1.82, 2.24) is 20.1 Å². The number of fused-ring (bicyclic) bond motifs is 1. The second-order valence-corrected chi connectivity index (χ2v) is 9.22. The van der Waals surface area contributed by atoms with Crippen molar-refractivity contribution >= 4 is 34.6 Å². The molecule has 37 heavy (non-hydrogen) atoms. The van der Waals surface area contributed by atoms with Gasteiger partial charge in [0.05, 0.1) is 25.4 Å². The number of aryl methyl sites for hydroxylation is 3. The van der Waals surface area contributed by atoms with E-state index in [0.29, 0.717) is 23.0 Å². The summed E-state index contributed by atoms with van der Waals surface area (Å²) in [6, 6.07) is 8.37. The molecule has 1 aliphatic heterocycles. The molecule has 4 rings (SSSR count). The Hall–Kier alpha value is -3.97. The van der Waals surface area contributed by atoms with Gasteiger partial charge < -0.3 is 25.0 Å². The fourth-order valence-electron chi connectivity index (χ4n) is 4.00. The highest BCUT2D eigenvalue weighted by atomic mass is 32.2. The molecule has 0 saturated carbocycles. The minimum absolute atomic E-state index is 0.120. The summed E-state index contributed by atoms with van der Waals surface area (Å²) in [5.41, 5.74) is 2.46. The number of carboxylic acid groups (broad SMARTS) is 1. The highest BCUT2D eigenvalue weighted by molar-refractivity contribution is 7.80. The summed E-state index contributed by atoms with van der Waals surface area (Å²) in [6.07, 6.45) is 5.64. The quantitative estimate of drug-likeness (QED) is 0.313. The van der Waals surface area contributed by atoms with Gasteiger partial charge >= 0.3 is 5.97 Å². The van der Waals surface area contributed by atoms with Crippen LogP contribution in [-0.4, -0.2) is 66.8 Å². The van der Waals surface area contributed by atoms with Gasteiger partial charge in [-0.25, -0.2) is 9.78 Å². The molecule has 2 atom stereocenters. The van der Waals surface area contributed by atoms with Crippen molar-refractivity contribution in [1.29, 1.82) is 0 Å². The maximum atomic E-state index is 12.7. The third-order valence-electron chi connectivity index (χ3n) is 5.96. The van der Waals surface area contributed by atoms with E-state index in [0.717, 1.165) is 30.9 Å². The number of aliphatic carboxylic acids is 1. The number of hydrogen-bond acceptors (Lipinski definition) is 8. The number of pyridine rings is 1. The van der Waals surface area contributed by atoms with Crippen LogP contribution in [0, 0.1) is 0 Å². The first-order chi connectivity index (χ1) is 17.9. The molecule has 0 spiro atoms. The summed E-state index contributed by atoms with van der Waals surface area (Å²) < 4.78 is 31.1. The van der Waals surface area contributed by atoms with Crippen LogP contribution in [0.4, 0.5) is 11.5 Å². The number of benzene rings is 1. The molecule has 1 amide bonds. The van der Waals surface area contributed by atoms with Crippen LogP contribution in [0.5, 0.6) is 5.75 Å². The lowest BCUT2D eigenvalue weighted by atomic mass is 10.1. The SMILES string of the molecule is COc1ccc(N([C@@H](CNC(=O)c2cnn(CCc3ccc4c(n3)NCCC4)c2)C(=O)O)S(=O)[O-])cc1. The minimum Gasteiger partial charge on any atom is -0.755 e. The predicted molar refractivity (Wildman–Crippen MR) is 135 cm³/mol. The normalized spacial score (nSPS) is 14.1. The topological polar surface area (TPSA) is 162 Å². The number of carboxylic acids is 1. The molecule has 3 N–H and O–H groups in total.